The second-order valence-electron chi connectivity index (χ2n) is 7.61. The zero-order valence-electron chi connectivity index (χ0n) is 14.5. The van der Waals surface area contributed by atoms with Gasteiger partial charge in [0.05, 0.1) is 11.9 Å². The molecule has 1 aliphatic heterocycles. The minimum absolute atomic E-state index is 0.184. The topological polar surface area (TPSA) is 42.7 Å². The Morgan fingerprint density at radius 2 is 1.96 bits per heavy atom. The highest BCUT2D eigenvalue weighted by Crippen LogP contribution is 2.26. The molecule has 0 amide bonds. The third kappa shape index (κ3) is 3.99. The number of hydrogen-bond acceptors (Lipinski definition) is 3. The summed E-state index contributed by atoms with van der Waals surface area (Å²) >= 11 is 0. The summed E-state index contributed by atoms with van der Waals surface area (Å²) in [5, 5.41) is 12.0. The summed E-state index contributed by atoms with van der Waals surface area (Å²) in [6.07, 6.45) is 6.93. The van der Waals surface area contributed by atoms with E-state index >= 15 is 0 Å². The average molecular weight is 312 g/mol. The lowest BCUT2D eigenvalue weighted by Crippen LogP contribution is -2.34. The van der Waals surface area contributed by atoms with Gasteiger partial charge in [-0.25, -0.2) is 4.68 Å². The van der Waals surface area contributed by atoms with Crippen LogP contribution in [0.3, 0.4) is 0 Å². The fraction of sp³-hybridized carbons (Fsp3) is 0.579. The van der Waals surface area contributed by atoms with Crippen LogP contribution >= 0.6 is 0 Å². The number of hydrogen-bond donors (Lipinski definition) is 1. The van der Waals surface area contributed by atoms with E-state index < -0.39 is 0 Å². The second kappa shape index (κ2) is 6.83. The molecule has 0 saturated carbocycles. The van der Waals surface area contributed by atoms with Crippen LogP contribution in [0, 0.1) is 0 Å². The molecule has 4 heteroatoms. The first-order valence-electron chi connectivity index (χ1n) is 8.77. The maximum absolute atomic E-state index is 4.29. The number of piperidine rings is 1. The van der Waals surface area contributed by atoms with Crippen molar-refractivity contribution < 1.29 is 0 Å². The van der Waals surface area contributed by atoms with Gasteiger partial charge in [-0.3, -0.25) is 0 Å². The minimum Gasteiger partial charge on any atom is -0.314 e. The smallest absolute Gasteiger partial charge is 0.0885 e. The monoisotopic (exact) mass is 312 g/mol. The Bertz CT molecular complexity index is 616. The Morgan fingerprint density at radius 1 is 1.17 bits per heavy atom. The van der Waals surface area contributed by atoms with Gasteiger partial charge in [-0.2, -0.15) is 0 Å². The fourth-order valence-electron chi connectivity index (χ4n) is 3.24. The van der Waals surface area contributed by atoms with Crippen LogP contribution in [0.5, 0.6) is 0 Å². The molecule has 1 atom stereocenters. The van der Waals surface area contributed by atoms with E-state index in [2.05, 4.69) is 60.7 Å². The van der Waals surface area contributed by atoms with Gasteiger partial charge >= 0.3 is 0 Å². The highest BCUT2D eigenvalue weighted by atomic mass is 15.4. The highest BCUT2D eigenvalue weighted by molar-refractivity contribution is 5.59. The van der Waals surface area contributed by atoms with E-state index in [9.17, 15) is 0 Å². The standard InChI is InChI=1S/C19H28N4/c1-19(2,3)16-9-7-15(8-10-16)18-14-21-22-23(18)13-11-17-6-4-5-12-20-17/h7-10,14,17,20H,4-6,11-13H2,1-3H3. The number of nitrogens with one attached hydrogen (secondary N) is 1. The van der Waals surface area contributed by atoms with Gasteiger partial charge < -0.3 is 5.32 Å². The molecule has 1 aromatic carbocycles. The van der Waals surface area contributed by atoms with Gasteiger partial charge in [-0.1, -0.05) is 56.7 Å². The molecular weight excluding hydrogens is 284 g/mol. The number of aromatic nitrogens is 3. The van der Waals surface area contributed by atoms with Gasteiger partial charge in [0.15, 0.2) is 0 Å². The molecule has 124 valence electrons. The van der Waals surface area contributed by atoms with Crippen LogP contribution in [-0.2, 0) is 12.0 Å². The summed E-state index contributed by atoms with van der Waals surface area (Å²) in [4.78, 5) is 0. The number of benzene rings is 1. The van der Waals surface area contributed by atoms with E-state index in [0.717, 1.165) is 25.2 Å². The summed E-state index contributed by atoms with van der Waals surface area (Å²) in [7, 11) is 0. The molecule has 0 spiro atoms. The predicted octanol–water partition coefficient (Wildman–Crippen LogP) is 3.77. The van der Waals surface area contributed by atoms with Crippen molar-refractivity contribution in [2.24, 2.45) is 0 Å². The van der Waals surface area contributed by atoms with Crippen molar-refractivity contribution in [3.8, 4) is 11.3 Å². The molecule has 0 aliphatic carbocycles. The Balaban J connectivity index is 1.70. The molecule has 2 heterocycles. The largest absolute Gasteiger partial charge is 0.314 e. The highest BCUT2D eigenvalue weighted by Gasteiger charge is 2.16. The van der Waals surface area contributed by atoms with Gasteiger partial charge in [0.1, 0.15) is 0 Å². The van der Waals surface area contributed by atoms with Crippen LogP contribution < -0.4 is 5.32 Å². The summed E-state index contributed by atoms with van der Waals surface area (Å²) in [5.41, 5.74) is 3.84. The lowest BCUT2D eigenvalue weighted by atomic mass is 9.86. The predicted molar refractivity (Wildman–Crippen MR) is 94.4 cm³/mol. The SMILES string of the molecule is CC(C)(C)c1ccc(-c2cnnn2CCC2CCCCN2)cc1. The zero-order valence-corrected chi connectivity index (χ0v) is 14.5. The van der Waals surface area contributed by atoms with E-state index in [1.807, 2.05) is 10.9 Å². The van der Waals surface area contributed by atoms with Gasteiger partial charge in [0.25, 0.3) is 0 Å². The molecule has 0 radical (unpaired) electrons. The summed E-state index contributed by atoms with van der Waals surface area (Å²) < 4.78 is 2.04. The molecule has 4 nitrogen and oxygen atoms in total. The van der Waals surface area contributed by atoms with E-state index in [-0.39, 0.29) is 5.41 Å². The molecule has 0 bridgehead atoms. The first-order valence-corrected chi connectivity index (χ1v) is 8.77. The van der Waals surface area contributed by atoms with Crippen molar-refractivity contribution in [1.29, 1.82) is 0 Å². The molecule has 1 unspecified atom stereocenters. The van der Waals surface area contributed by atoms with Crippen molar-refractivity contribution >= 4 is 0 Å². The first kappa shape index (κ1) is 16.2. The number of nitrogens with zero attached hydrogens (tertiary/aromatic N) is 3. The lowest BCUT2D eigenvalue weighted by Gasteiger charge is -2.23. The quantitative estimate of drug-likeness (QED) is 0.934. The van der Waals surface area contributed by atoms with Crippen LogP contribution in [0.15, 0.2) is 30.5 Å². The second-order valence-corrected chi connectivity index (χ2v) is 7.61. The molecule has 1 aliphatic rings. The third-order valence-corrected chi connectivity index (χ3v) is 4.77. The Hall–Kier alpha value is -1.68. The van der Waals surface area contributed by atoms with Crippen LogP contribution in [0.4, 0.5) is 0 Å². The zero-order chi connectivity index (χ0) is 16.3. The van der Waals surface area contributed by atoms with E-state index in [1.165, 1.54) is 30.4 Å². The van der Waals surface area contributed by atoms with Crippen LogP contribution in [0.1, 0.15) is 52.0 Å². The van der Waals surface area contributed by atoms with Crippen molar-refractivity contribution in [3.05, 3.63) is 36.0 Å². The Kier molecular flexibility index (Phi) is 4.81. The van der Waals surface area contributed by atoms with Gasteiger partial charge in [0.2, 0.25) is 0 Å². The number of rotatable bonds is 4. The molecule has 2 aromatic rings. The number of aryl methyl sites for hydroxylation is 1. The van der Waals surface area contributed by atoms with Gasteiger partial charge in [-0.15, -0.1) is 5.10 Å². The normalized spacial score (nSPS) is 19.0. The van der Waals surface area contributed by atoms with E-state index in [4.69, 9.17) is 0 Å². The average Bonchev–Trinajstić information content (AvgIpc) is 3.02. The maximum atomic E-state index is 4.29. The van der Waals surface area contributed by atoms with Gasteiger partial charge in [-0.05, 0) is 36.8 Å². The fourth-order valence-corrected chi connectivity index (χ4v) is 3.24. The van der Waals surface area contributed by atoms with Crippen LogP contribution in [0.25, 0.3) is 11.3 Å². The minimum atomic E-state index is 0.184. The maximum Gasteiger partial charge on any atom is 0.0885 e. The molecular formula is C19H28N4. The van der Waals surface area contributed by atoms with Gasteiger partial charge in [0, 0.05) is 18.2 Å². The molecule has 1 saturated heterocycles. The van der Waals surface area contributed by atoms with Crippen LogP contribution in [-0.4, -0.2) is 27.6 Å². The van der Waals surface area contributed by atoms with Crippen molar-refractivity contribution in [1.82, 2.24) is 20.3 Å². The van der Waals surface area contributed by atoms with Crippen LogP contribution in [0.2, 0.25) is 0 Å². The lowest BCUT2D eigenvalue weighted by molar-refractivity contribution is 0.359. The Morgan fingerprint density at radius 3 is 2.61 bits per heavy atom. The Labute approximate surface area is 139 Å². The molecule has 1 aromatic heterocycles. The third-order valence-electron chi connectivity index (χ3n) is 4.77. The molecule has 3 rings (SSSR count). The van der Waals surface area contributed by atoms with Crippen molar-refractivity contribution in [2.75, 3.05) is 6.54 Å². The summed E-state index contributed by atoms with van der Waals surface area (Å²) in [6, 6.07) is 9.44. The first-order chi connectivity index (χ1) is 11.0. The van der Waals surface area contributed by atoms with Crippen molar-refractivity contribution in [3.63, 3.8) is 0 Å². The molecule has 23 heavy (non-hydrogen) atoms. The summed E-state index contributed by atoms with van der Waals surface area (Å²) in [6.45, 7) is 8.80. The molecule has 1 fully saturated rings. The van der Waals surface area contributed by atoms with E-state index in [1.54, 1.807) is 0 Å². The van der Waals surface area contributed by atoms with Crippen molar-refractivity contribution in [2.45, 2.75) is 64.5 Å². The summed E-state index contributed by atoms with van der Waals surface area (Å²) in [5.74, 6) is 0. The van der Waals surface area contributed by atoms with E-state index in [0.29, 0.717) is 6.04 Å². The molecule has 1 N–H and O–H groups in total.